The van der Waals surface area contributed by atoms with Crippen LogP contribution in [0.3, 0.4) is 0 Å². The molecule has 2 N–H and O–H groups in total. The second-order valence-corrected chi connectivity index (χ2v) is 5.26. The Morgan fingerprint density at radius 2 is 2.06 bits per heavy atom. The van der Waals surface area contributed by atoms with Crippen molar-refractivity contribution >= 4 is 0 Å². The van der Waals surface area contributed by atoms with Gasteiger partial charge in [-0.1, -0.05) is 24.3 Å². The van der Waals surface area contributed by atoms with Crippen LogP contribution in [0, 0.1) is 6.92 Å². The Morgan fingerprint density at radius 1 is 1.38 bits per heavy atom. The molecule has 0 radical (unpaired) electrons. The first-order chi connectivity index (χ1) is 7.57. The predicted octanol–water partition coefficient (Wildman–Crippen LogP) is 2.04. The number of aryl methyl sites for hydroxylation is 1. The Bertz CT molecular complexity index is 356. The summed E-state index contributed by atoms with van der Waals surface area (Å²) in [4.78, 5) is 0. The minimum atomic E-state index is -0.644. The van der Waals surface area contributed by atoms with E-state index in [-0.39, 0.29) is 0 Å². The summed E-state index contributed by atoms with van der Waals surface area (Å²) in [6.45, 7) is 4.69. The number of aliphatic hydroxyl groups is 1. The van der Waals surface area contributed by atoms with Crippen LogP contribution in [0.5, 0.6) is 0 Å². The summed E-state index contributed by atoms with van der Waals surface area (Å²) >= 11 is 0. The maximum atomic E-state index is 10.3. The quantitative estimate of drug-likeness (QED) is 0.794. The predicted molar refractivity (Wildman–Crippen MR) is 66.5 cm³/mol. The molecule has 2 heteroatoms. The van der Waals surface area contributed by atoms with Crippen LogP contribution in [0.15, 0.2) is 24.3 Å². The normalized spacial score (nSPS) is 19.4. The van der Waals surface area contributed by atoms with Gasteiger partial charge in [0.2, 0.25) is 0 Å². The monoisotopic (exact) mass is 219 g/mol. The molecule has 16 heavy (non-hydrogen) atoms. The molecule has 0 saturated heterocycles. The van der Waals surface area contributed by atoms with E-state index in [4.69, 9.17) is 0 Å². The number of rotatable bonds is 5. The zero-order chi connectivity index (χ0) is 11.6. The number of hydrogen-bond donors (Lipinski definition) is 2. The van der Waals surface area contributed by atoms with Crippen molar-refractivity contribution in [2.24, 2.45) is 0 Å². The smallest absolute Gasteiger partial charge is 0.0783 e. The van der Waals surface area contributed by atoms with Gasteiger partial charge in [-0.2, -0.15) is 0 Å². The molecule has 0 spiro atoms. The van der Waals surface area contributed by atoms with Crippen molar-refractivity contribution in [1.29, 1.82) is 0 Å². The topological polar surface area (TPSA) is 32.3 Å². The zero-order valence-corrected chi connectivity index (χ0v) is 10.2. The summed E-state index contributed by atoms with van der Waals surface area (Å²) in [7, 11) is 0. The third-order valence-corrected chi connectivity index (χ3v) is 3.18. The summed E-state index contributed by atoms with van der Waals surface area (Å²) in [5.41, 5.74) is 1.86. The standard InChI is InChI=1S/C14H21NO/c1-11-5-3-4-6-12(11)9-14(2,16)10-15-13-7-8-13/h3-6,13,15-16H,7-10H2,1-2H3. The maximum absolute atomic E-state index is 10.3. The Morgan fingerprint density at radius 3 is 2.69 bits per heavy atom. The van der Waals surface area contributed by atoms with Crippen LogP contribution in [-0.2, 0) is 6.42 Å². The molecular formula is C14H21NO. The lowest BCUT2D eigenvalue weighted by atomic mass is 9.93. The van der Waals surface area contributed by atoms with Crippen molar-refractivity contribution in [2.75, 3.05) is 6.54 Å². The van der Waals surface area contributed by atoms with Gasteiger partial charge < -0.3 is 10.4 Å². The highest BCUT2D eigenvalue weighted by molar-refractivity contribution is 5.27. The average molecular weight is 219 g/mol. The molecule has 1 fully saturated rings. The lowest BCUT2D eigenvalue weighted by molar-refractivity contribution is 0.0596. The lowest BCUT2D eigenvalue weighted by Crippen LogP contribution is -2.40. The zero-order valence-electron chi connectivity index (χ0n) is 10.2. The summed E-state index contributed by atoms with van der Waals surface area (Å²) in [5.74, 6) is 0. The Labute approximate surface area is 97.7 Å². The van der Waals surface area contributed by atoms with Crippen LogP contribution in [0.4, 0.5) is 0 Å². The van der Waals surface area contributed by atoms with E-state index in [0.717, 1.165) is 6.42 Å². The third kappa shape index (κ3) is 3.32. The van der Waals surface area contributed by atoms with E-state index >= 15 is 0 Å². The molecule has 1 atom stereocenters. The molecule has 0 aromatic heterocycles. The van der Waals surface area contributed by atoms with Crippen molar-refractivity contribution in [2.45, 2.75) is 44.8 Å². The van der Waals surface area contributed by atoms with Crippen molar-refractivity contribution in [3.8, 4) is 0 Å². The van der Waals surface area contributed by atoms with Gasteiger partial charge in [0.15, 0.2) is 0 Å². The second-order valence-electron chi connectivity index (χ2n) is 5.26. The fraction of sp³-hybridized carbons (Fsp3) is 0.571. The Kier molecular flexibility index (Phi) is 3.31. The van der Waals surface area contributed by atoms with Crippen LogP contribution in [0.2, 0.25) is 0 Å². The molecule has 0 amide bonds. The highest BCUT2D eigenvalue weighted by atomic mass is 16.3. The SMILES string of the molecule is Cc1ccccc1CC(C)(O)CNC1CC1. The van der Waals surface area contributed by atoms with Crippen molar-refractivity contribution < 1.29 is 5.11 Å². The van der Waals surface area contributed by atoms with Gasteiger partial charge in [-0.3, -0.25) is 0 Å². The van der Waals surface area contributed by atoms with E-state index in [1.807, 2.05) is 19.1 Å². The van der Waals surface area contributed by atoms with Gasteiger partial charge in [0, 0.05) is 19.0 Å². The van der Waals surface area contributed by atoms with Gasteiger partial charge in [0.05, 0.1) is 5.60 Å². The first-order valence-corrected chi connectivity index (χ1v) is 6.07. The van der Waals surface area contributed by atoms with E-state index in [2.05, 4.69) is 24.4 Å². The van der Waals surface area contributed by atoms with Gasteiger partial charge in [-0.15, -0.1) is 0 Å². The molecule has 1 aromatic rings. The summed E-state index contributed by atoms with van der Waals surface area (Å²) < 4.78 is 0. The average Bonchev–Trinajstić information content (AvgIpc) is 3.02. The van der Waals surface area contributed by atoms with Gasteiger partial charge in [-0.25, -0.2) is 0 Å². The van der Waals surface area contributed by atoms with Crippen molar-refractivity contribution in [1.82, 2.24) is 5.32 Å². The van der Waals surface area contributed by atoms with Crippen LogP contribution in [-0.4, -0.2) is 23.3 Å². The first-order valence-electron chi connectivity index (χ1n) is 6.07. The summed E-state index contributed by atoms with van der Waals surface area (Å²) in [6, 6.07) is 8.92. The fourth-order valence-electron chi connectivity index (χ4n) is 1.93. The first kappa shape index (κ1) is 11.6. The molecule has 0 bridgehead atoms. The van der Waals surface area contributed by atoms with Crippen LogP contribution < -0.4 is 5.32 Å². The minimum absolute atomic E-state index is 0.644. The third-order valence-electron chi connectivity index (χ3n) is 3.18. The van der Waals surface area contributed by atoms with Crippen LogP contribution >= 0.6 is 0 Å². The van der Waals surface area contributed by atoms with E-state index < -0.39 is 5.60 Å². The van der Waals surface area contributed by atoms with Crippen molar-refractivity contribution in [3.05, 3.63) is 35.4 Å². The lowest BCUT2D eigenvalue weighted by Gasteiger charge is -2.24. The molecule has 2 nitrogen and oxygen atoms in total. The van der Waals surface area contributed by atoms with E-state index in [1.54, 1.807) is 0 Å². The second kappa shape index (κ2) is 4.56. The van der Waals surface area contributed by atoms with E-state index in [0.29, 0.717) is 12.6 Å². The molecular weight excluding hydrogens is 198 g/mol. The van der Waals surface area contributed by atoms with Gasteiger partial charge >= 0.3 is 0 Å². The molecule has 1 aliphatic rings. The van der Waals surface area contributed by atoms with Crippen LogP contribution in [0.25, 0.3) is 0 Å². The van der Waals surface area contributed by atoms with Gasteiger partial charge in [0.1, 0.15) is 0 Å². The molecule has 0 aliphatic heterocycles. The molecule has 2 rings (SSSR count). The Balaban J connectivity index is 1.93. The van der Waals surface area contributed by atoms with Crippen LogP contribution in [0.1, 0.15) is 30.9 Å². The molecule has 1 aliphatic carbocycles. The van der Waals surface area contributed by atoms with Gasteiger partial charge in [-0.05, 0) is 37.8 Å². The number of hydrogen-bond acceptors (Lipinski definition) is 2. The summed E-state index contributed by atoms with van der Waals surface area (Å²) in [6.07, 6.45) is 3.25. The van der Waals surface area contributed by atoms with E-state index in [9.17, 15) is 5.11 Å². The molecule has 1 unspecified atom stereocenters. The molecule has 0 heterocycles. The minimum Gasteiger partial charge on any atom is -0.389 e. The largest absolute Gasteiger partial charge is 0.389 e. The van der Waals surface area contributed by atoms with E-state index in [1.165, 1.54) is 24.0 Å². The highest BCUT2D eigenvalue weighted by Gasteiger charge is 2.26. The summed E-state index contributed by atoms with van der Waals surface area (Å²) in [5, 5.41) is 13.7. The van der Waals surface area contributed by atoms with Crippen molar-refractivity contribution in [3.63, 3.8) is 0 Å². The fourth-order valence-corrected chi connectivity index (χ4v) is 1.93. The molecule has 1 saturated carbocycles. The number of nitrogens with one attached hydrogen (secondary N) is 1. The Hall–Kier alpha value is -0.860. The highest BCUT2D eigenvalue weighted by Crippen LogP contribution is 2.21. The number of benzene rings is 1. The molecule has 1 aromatic carbocycles. The molecule has 88 valence electrons. The maximum Gasteiger partial charge on any atom is 0.0783 e. The van der Waals surface area contributed by atoms with Gasteiger partial charge in [0.25, 0.3) is 0 Å².